The van der Waals surface area contributed by atoms with Gasteiger partial charge in [0.1, 0.15) is 5.82 Å². The zero-order valence-corrected chi connectivity index (χ0v) is 13.3. The molecule has 1 unspecified atom stereocenters. The van der Waals surface area contributed by atoms with Gasteiger partial charge in [-0.2, -0.15) is 0 Å². The van der Waals surface area contributed by atoms with E-state index in [2.05, 4.69) is 6.92 Å². The van der Waals surface area contributed by atoms with Gasteiger partial charge in [-0.25, -0.2) is 4.39 Å². The first-order valence-corrected chi connectivity index (χ1v) is 8.25. The van der Waals surface area contributed by atoms with Gasteiger partial charge in [-0.15, -0.1) is 0 Å². The number of benzene rings is 1. The van der Waals surface area contributed by atoms with E-state index in [1.807, 2.05) is 4.90 Å². The molecule has 2 fully saturated rings. The molecular formula is C18H25FN2O. The second kappa shape index (κ2) is 5.65. The monoisotopic (exact) mass is 304 g/mol. The Balaban J connectivity index is 1.88. The number of likely N-dealkylation sites (tertiary alicyclic amines) is 1. The molecule has 0 aromatic heterocycles. The van der Waals surface area contributed by atoms with E-state index in [0.29, 0.717) is 6.54 Å². The number of hydrogen-bond donors (Lipinski definition) is 1. The number of rotatable bonds is 3. The van der Waals surface area contributed by atoms with Gasteiger partial charge in [0.2, 0.25) is 5.91 Å². The lowest BCUT2D eigenvalue weighted by molar-refractivity contribution is -0.136. The molecule has 3 rings (SSSR count). The van der Waals surface area contributed by atoms with Crippen LogP contribution in [-0.4, -0.2) is 30.4 Å². The molecule has 2 N–H and O–H groups in total. The smallest absolute Gasteiger partial charge is 0.233 e. The molecule has 4 heteroatoms. The van der Waals surface area contributed by atoms with Gasteiger partial charge in [0.25, 0.3) is 0 Å². The average molecular weight is 304 g/mol. The summed E-state index contributed by atoms with van der Waals surface area (Å²) in [5, 5.41) is 0. The molecule has 1 aliphatic carbocycles. The lowest BCUT2D eigenvalue weighted by atomic mass is 9.77. The van der Waals surface area contributed by atoms with E-state index in [9.17, 15) is 9.18 Å². The maximum atomic E-state index is 13.2. The molecule has 120 valence electrons. The van der Waals surface area contributed by atoms with Crippen LogP contribution in [-0.2, 0) is 10.2 Å². The normalized spacial score (nSPS) is 27.3. The highest BCUT2D eigenvalue weighted by molar-refractivity contribution is 5.89. The Morgan fingerprint density at radius 3 is 2.41 bits per heavy atom. The molecule has 1 atom stereocenters. The van der Waals surface area contributed by atoms with Crippen molar-refractivity contribution in [2.75, 3.05) is 19.6 Å². The molecule has 1 aromatic rings. The minimum absolute atomic E-state index is 0.0399. The van der Waals surface area contributed by atoms with Crippen molar-refractivity contribution < 1.29 is 9.18 Å². The zero-order chi connectivity index (χ0) is 15.8. The van der Waals surface area contributed by atoms with Crippen LogP contribution in [0.1, 0.15) is 44.6 Å². The van der Waals surface area contributed by atoms with Gasteiger partial charge in [-0.1, -0.05) is 31.9 Å². The number of nitrogens with zero attached hydrogens (tertiary/aromatic N) is 1. The first kappa shape index (κ1) is 15.5. The fourth-order valence-electron chi connectivity index (χ4n) is 4.04. The van der Waals surface area contributed by atoms with Crippen LogP contribution in [0.15, 0.2) is 24.3 Å². The molecule has 0 spiro atoms. The van der Waals surface area contributed by atoms with Crippen LogP contribution in [0.5, 0.6) is 0 Å². The third-order valence-corrected chi connectivity index (χ3v) is 5.60. The predicted molar refractivity (Wildman–Crippen MR) is 84.9 cm³/mol. The van der Waals surface area contributed by atoms with Crippen molar-refractivity contribution in [2.45, 2.75) is 44.4 Å². The van der Waals surface area contributed by atoms with Crippen molar-refractivity contribution in [1.29, 1.82) is 0 Å². The summed E-state index contributed by atoms with van der Waals surface area (Å²) in [6.45, 7) is 4.29. The maximum Gasteiger partial charge on any atom is 0.233 e. The lowest BCUT2D eigenvalue weighted by Crippen LogP contribution is -2.45. The quantitative estimate of drug-likeness (QED) is 0.933. The van der Waals surface area contributed by atoms with E-state index >= 15 is 0 Å². The van der Waals surface area contributed by atoms with Crippen molar-refractivity contribution in [1.82, 2.24) is 4.90 Å². The summed E-state index contributed by atoms with van der Waals surface area (Å²) in [5.41, 5.74) is 6.42. The summed E-state index contributed by atoms with van der Waals surface area (Å²) >= 11 is 0. The van der Waals surface area contributed by atoms with E-state index < -0.39 is 5.41 Å². The number of amides is 1. The Labute approximate surface area is 131 Å². The van der Waals surface area contributed by atoms with Crippen molar-refractivity contribution in [3.63, 3.8) is 0 Å². The number of nitrogens with two attached hydrogens (primary N) is 1. The molecule has 22 heavy (non-hydrogen) atoms. The maximum absolute atomic E-state index is 13.2. The third kappa shape index (κ3) is 2.54. The molecule has 1 amide bonds. The first-order valence-electron chi connectivity index (χ1n) is 8.25. The Kier molecular flexibility index (Phi) is 3.98. The molecule has 0 radical (unpaired) electrons. The molecule has 1 aromatic carbocycles. The first-order chi connectivity index (χ1) is 10.5. The van der Waals surface area contributed by atoms with Crippen LogP contribution in [0.4, 0.5) is 4.39 Å². The highest BCUT2D eigenvalue weighted by atomic mass is 19.1. The highest BCUT2D eigenvalue weighted by Gasteiger charge is 2.47. The summed E-state index contributed by atoms with van der Waals surface area (Å²) in [6.07, 6.45) is 4.82. The summed E-state index contributed by atoms with van der Waals surface area (Å²) in [7, 11) is 0. The minimum atomic E-state index is -0.451. The van der Waals surface area contributed by atoms with Gasteiger partial charge in [0, 0.05) is 13.1 Å². The number of halogens is 1. The topological polar surface area (TPSA) is 46.3 Å². The minimum Gasteiger partial charge on any atom is -0.341 e. The largest absolute Gasteiger partial charge is 0.341 e. The fraction of sp³-hybridized carbons (Fsp3) is 0.611. The van der Waals surface area contributed by atoms with Crippen LogP contribution in [0.25, 0.3) is 0 Å². The zero-order valence-electron chi connectivity index (χ0n) is 13.3. The summed E-state index contributed by atoms with van der Waals surface area (Å²) < 4.78 is 13.2. The number of hydrogen-bond acceptors (Lipinski definition) is 2. The van der Waals surface area contributed by atoms with Crippen LogP contribution in [0.3, 0.4) is 0 Å². The second-order valence-electron chi connectivity index (χ2n) is 7.29. The van der Waals surface area contributed by atoms with Gasteiger partial charge in [-0.05, 0) is 48.9 Å². The van der Waals surface area contributed by atoms with E-state index in [0.717, 1.165) is 50.8 Å². The Bertz CT molecular complexity index is 551. The molecular weight excluding hydrogens is 279 g/mol. The van der Waals surface area contributed by atoms with Gasteiger partial charge in [0.15, 0.2) is 0 Å². The van der Waals surface area contributed by atoms with Crippen LogP contribution < -0.4 is 5.73 Å². The summed E-state index contributed by atoms with van der Waals surface area (Å²) in [4.78, 5) is 15.2. The van der Waals surface area contributed by atoms with Crippen molar-refractivity contribution in [3.05, 3.63) is 35.6 Å². The lowest BCUT2D eigenvalue weighted by Gasteiger charge is -2.34. The van der Waals surface area contributed by atoms with Gasteiger partial charge >= 0.3 is 0 Å². The van der Waals surface area contributed by atoms with Crippen molar-refractivity contribution in [3.8, 4) is 0 Å². The standard InChI is InChI=1S/C18H25FN2O/c1-17(12-20)10-11-21(13-17)16(22)18(8-2-3-9-18)14-4-6-15(19)7-5-14/h4-7H,2-3,8-13,20H2,1H3. The van der Waals surface area contributed by atoms with Crippen LogP contribution in [0, 0.1) is 11.2 Å². The number of carbonyl (C=O) groups is 1. The highest BCUT2D eigenvalue weighted by Crippen LogP contribution is 2.44. The van der Waals surface area contributed by atoms with E-state index in [4.69, 9.17) is 5.73 Å². The fourth-order valence-corrected chi connectivity index (χ4v) is 4.04. The van der Waals surface area contributed by atoms with E-state index in [1.54, 1.807) is 12.1 Å². The third-order valence-electron chi connectivity index (χ3n) is 5.60. The van der Waals surface area contributed by atoms with Gasteiger partial charge in [-0.3, -0.25) is 4.79 Å². The average Bonchev–Trinajstić information content (AvgIpc) is 3.16. The molecule has 3 nitrogen and oxygen atoms in total. The Morgan fingerprint density at radius 1 is 1.23 bits per heavy atom. The summed E-state index contributed by atoms with van der Waals surface area (Å²) in [5.74, 6) is -0.0324. The van der Waals surface area contributed by atoms with E-state index in [1.165, 1.54) is 12.1 Å². The van der Waals surface area contributed by atoms with Crippen molar-refractivity contribution in [2.24, 2.45) is 11.1 Å². The van der Waals surface area contributed by atoms with Gasteiger partial charge in [0.05, 0.1) is 5.41 Å². The predicted octanol–water partition coefficient (Wildman–Crippen LogP) is 2.83. The van der Waals surface area contributed by atoms with Crippen LogP contribution >= 0.6 is 0 Å². The van der Waals surface area contributed by atoms with E-state index in [-0.39, 0.29) is 17.1 Å². The van der Waals surface area contributed by atoms with Crippen molar-refractivity contribution >= 4 is 5.91 Å². The molecule has 1 saturated carbocycles. The SMILES string of the molecule is CC1(CN)CCN(C(=O)C2(c3ccc(F)cc3)CCCC2)C1. The molecule has 1 aliphatic heterocycles. The molecule has 1 saturated heterocycles. The second-order valence-corrected chi connectivity index (χ2v) is 7.29. The number of carbonyl (C=O) groups excluding carboxylic acids is 1. The molecule has 2 aliphatic rings. The molecule has 1 heterocycles. The van der Waals surface area contributed by atoms with Gasteiger partial charge < -0.3 is 10.6 Å². The Hall–Kier alpha value is -1.42. The van der Waals surface area contributed by atoms with Crippen LogP contribution in [0.2, 0.25) is 0 Å². The summed E-state index contributed by atoms with van der Waals surface area (Å²) in [6, 6.07) is 6.51. The Morgan fingerprint density at radius 2 is 1.86 bits per heavy atom. The molecule has 0 bridgehead atoms.